The Hall–Kier alpha value is -2.29. The number of nitrogens with zero attached hydrogens (tertiary/aromatic N) is 3. The van der Waals surface area contributed by atoms with Crippen molar-refractivity contribution in [3.05, 3.63) is 63.5 Å². The van der Waals surface area contributed by atoms with Gasteiger partial charge in [-0.3, -0.25) is 0 Å². The molecule has 0 saturated heterocycles. The molecule has 0 spiro atoms. The molecule has 2 unspecified atom stereocenters. The van der Waals surface area contributed by atoms with E-state index in [1.54, 1.807) is 20.5 Å². The fourth-order valence-corrected chi connectivity index (χ4v) is 3.75. The van der Waals surface area contributed by atoms with E-state index in [2.05, 4.69) is 62.3 Å². The van der Waals surface area contributed by atoms with Gasteiger partial charge >= 0.3 is 0 Å². The van der Waals surface area contributed by atoms with Gasteiger partial charge in [0.15, 0.2) is 0 Å². The highest BCUT2D eigenvalue weighted by atomic mass is 127. The summed E-state index contributed by atoms with van der Waals surface area (Å²) in [6.07, 6.45) is 2.43. The molecule has 0 saturated carbocycles. The Bertz CT molecular complexity index is 910. The van der Waals surface area contributed by atoms with Crippen molar-refractivity contribution in [1.82, 2.24) is 14.8 Å². The molecular formula is C19H19IN4O2. The highest BCUT2D eigenvalue weighted by Gasteiger charge is 2.31. The summed E-state index contributed by atoms with van der Waals surface area (Å²) in [5.74, 6) is 2.33. The smallest absolute Gasteiger partial charge is 0.222 e. The molecule has 1 N–H and O–H groups in total. The lowest BCUT2D eigenvalue weighted by Gasteiger charge is -2.32. The second-order valence-electron chi connectivity index (χ2n) is 6.14. The molecule has 0 aliphatic carbocycles. The van der Waals surface area contributed by atoms with Gasteiger partial charge in [-0.15, -0.1) is 0 Å². The predicted molar refractivity (Wildman–Crippen MR) is 108 cm³/mol. The fraction of sp³-hybridized carbons (Fsp3) is 0.263. The van der Waals surface area contributed by atoms with E-state index in [4.69, 9.17) is 9.47 Å². The van der Waals surface area contributed by atoms with Crippen molar-refractivity contribution in [3.8, 4) is 11.5 Å². The molecule has 7 heteroatoms. The van der Waals surface area contributed by atoms with Crippen LogP contribution in [0.1, 0.15) is 29.6 Å². The number of ether oxygens (including phenoxy) is 2. The summed E-state index contributed by atoms with van der Waals surface area (Å²) in [6.45, 7) is 0. The Kier molecular flexibility index (Phi) is 4.71. The summed E-state index contributed by atoms with van der Waals surface area (Å²) in [6, 6.07) is 14.7. The zero-order valence-electron chi connectivity index (χ0n) is 14.5. The van der Waals surface area contributed by atoms with Crippen molar-refractivity contribution >= 4 is 28.5 Å². The minimum Gasteiger partial charge on any atom is -0.497 e. The molecule has 1 aliphatic heterocycles. The Morgan fingerprint density at radius 1 is 1.12 bits per heavy atom. The van der Waals surface area contributed by atoms with Gasteiger partial charge in [-0.05, 0) is 58.8 Å². The number of rotatable bonds is 4. The number of hydrogen-bond donors (Lipinski definition) is 1. The van der Waals surface area contributed by atoms with E-state index < -0.39 is 0 Å². The Labute approximate surface area is 165 Å². The van der Waals surface area contributed by atoms with Crippen LogP contribution < -0.4 is 14.8 Å². The zero-order valence-corrected chi connectivity index (χ0v) is 16.7. The van der Waals surface area contributed by atoms with Crippen LogP contribution in [0.3, 0.4) is 0 Å². The lowest BCUT2D eigenvalue weighted by Crippen LogP contribution is -2.28. The van der Waals surface area contributed by atoms with Gasteiger partial charge in [-0.1, -0.05) is 12.1 Å². The number of methoxy groups -OCH3 is 2. The number of hydrogen-bond acceptors (Lipinski definition) is 5. The lowest BCUT2D eigenvalue weighted by molar-refractivity contribution is 0.371. The van der Waals surface area contributed by atoms with E-state index in [0.717, 1.165) is 29.4 Å². The first-order valence-corrected chi connectivity index (χ1v) is 9.41. The summed E-state index contributed by atoms with van der Waals surface area (Å²) in [7, 11) is 3.33. The molecule has 1 aliphatic rings. The van der Waals surface area contributed by atoms with Crippen LogP contribution in [0.2, 0.25) is 0 Å². The number of benzene rings is 2. The third-order valence-corrected chi connectivity index (χ3v) is 5.42. The van der Waals surface area contributed by atoms with Crippen LogP contribution in [0.5, 0.6) is 11.5 Å². The van der Waals surface area contributed by atoms with Crippen LogP contribution in [0.25, 0.3) is 0 Å². The maximum absolute atomic E-state index is 5.63. The van der Waals surface area contributed by atoms with Gasteiger partial charge in [-0.2, -0.15) is 10.1 Å². The first kappa shape index (κ1) is 17.1. The van der Waals surface area contributed by atoms with E-state index in [9.17, 15) is 0 Å². The molecule has 4 rings (SSSR count). The fourth-order valence-electron chi connectivity index (χ4n) is 3.39. The standard InChI is InChI=1S/C19H19IN4O2/c1-25-14-7-8-15(18(9-14)26-2)17-10-16(12-3-5-13(20)6-4-12)23-19-21-11-22-24(17)19/h3-9,11,16-17H,10H2,1-2H3,(H,21,22,23). The zero-order chi connectivity index (χ0) is 18.1. The molecular weight excluding hydrogens is 443 g/mol. The van der Waals surface area contributed by atoms with Crippen molar-refractivity contribution in [2.45, 2.75) is 18.5 Å². The van der Waals surface area contributed by atoms with Gasteiger partial charge in [0.25, 0.3) is 0 Å². The summed E-state index contributed by atoms with van der Waals surface area (Å²) in [5, 5.41) is 7.92. The van der Waals surface area contributed by atoms with Crippen LogP contribution in [0.15, 0.2) is 48.8 Å². The summed E-state index contributed by atoms with van der Waals surface area (Å²) >= 11 is 2.32. The molecule has 134 valence electrons. The molecule has 2 aromatic carbocycles. The monoisotopic (exact) mass is 462 g/mol. The minimum absolute atomic E-state index is 0.0267. The minimum atomic E-state index is 0.0267. The summed E-state index contributed by atoms with van der Waals surface area (Å²) in [4.78, 5) is 4.39. The van der Waals surface area contributed by atoms with Crippen molar-refractivity contribution in [2.24, 2.45) is 0 Å². The molecule has 6 nitrogen and oxygen atoms in total. The normalized spacial score (nSPS) is 18.7. The Morgan fingerprint density at radius 2 is 1.92 bits per heavy atom. The topological polar surface area (TPSA) is 61.2 Å². The number of nitrogens with one attached hydrogen (secondary N) is 1. The molecule has 0 fully saturated rings. The first-order chi connectivity index (χ1) is 12.7. The average Bonchev–Trinajstić information content (AvgIpc) is 3.16. The highest BCUT2D eigenvalue weighted by molar-refractivity contribution is 14.1. The number of fused-ring (bicyclic) bond motifs is 1. The largest absolute Gasteiger partial charge is 0.497 e. The van der Waals surface area contributed by atoms with Crippen LogP contribution in [-0.4, -0.2) is 29.0 Å². The van der Waals surface area contributed by atoms with Gasteiger partial charge in [0, 0.05) is 15.2 Å². The van der Waals surface area contributed by atoms with Crippen molar-refractivity contribution in [1.29, 1.82) is 0 Å². The molecule has 0 bridgehead atoms. The van der Waals surface area contributed by atoms with Gasteiger partial charge < -0.3 is 14.8 Å². The lowest BCUT2D eigenvalue weighted by atomic mass is 9.93. The molecule has 2 heterocycles. The van der Waals surface area contributed by atoms with Gasteiger partial charge in [0.1, 0.15) is 17.8 Å². The first-order valence-electron chi connectivity index (χ1n) is 8.33. The number of anilines is 1. The maximum Gasteiger partial charge on any atom is 0.222 e. The predicted octanol–water partition coefficient (Wildman–Crippen LogP) is 4.05. The second-order valence-corrected chi connectivity index (χ2v) is 7.38. The van der Waals surface area contributed by atoms with Gasteiger partial charge in [0.05, 0.1) is 26.3 Å². The average molecular weight is 462 g/mol. The summed E-state index contributed by atoms with van der Waals surface area (Å²) in [5.41, 5.74) is 2.30. The molecule has 0 radical (unpaired) electrons. The third-order valence-electron chi connectivity index (χ3n) is 4.70. The SMILES string of the molecule is COc1ccc(C2CC(c3ccc(I)cc3)Nc3ncnn32)c(OC)c1. The van der Waals surface area contributed by atoms with E-state index in [1.807, 2.05) is 22.9 Å². The van der Waals surface area contributed by atoms with E-state index in [1.165, 1.54) is 9.13 Å². The van der Waals surface area contributed by atoms with Crippen LogP contribution in [0, 0.1) is 3.57 Å². The van der Waals surface area contributed by atoms with Crippen LogP contribution in [0.4, 0.5) is 5.95 Å². The van der Waals surface area contributed by atoms with Gasteiger partial charge in [-0.25, -0.2) is 4.68 Å². The number of halogens is 1. The molecule has 1 aromatic heterocycles. The van der Waals surface area contributed by atoms with E-state index in [0.29, 0.717) is 0 Å². The molecule has 0 amide bonds. The van der Waals surface area contributed by atoms with Crippen LogP contribution in [-0.2, 0) is 0 Å². The Morgan fingerprint density at radius 3 is 2.65 bits per heavy atom. The van der Waals surface area contributed by atoms with Crippen molar-refractivity contribution < 1.29 is 9.47 Å². The number of aromatic nitrogens is 3. The third kappa shape index (κ3) is 3.11. The maximum atomic E-state index is 5.63. The molecule has 3 aromatic rings. The molecule has 26 heavy (non-hydrogen) atoms. The molecule has 2 atom stereocenters. The van der Waals surface area contributed by atoms with E-state index >= 15 is 0 Å². The Balaban J connectivity index is 1.75. The summed E-state index contributed by atoms with van der Waals surface area (Å²) < 4.78 is 14.1. The van der Waals surface area contributed by atoms with Crippen molar-refractivity contribution in [3.63, 3.8) is 0 Å². The van der Waals surface area contributed by atoms with Crippen molar-refractivity contribution in [2.75, 3.05) is 19.5 Å². The van der Waals surface area contributed by atoms with E-state index in [-0.39, 0.29) is 12.1 Å². The van der Waals surface area contributed by atoms with Crippen LogP contribution >= 0.6 is 22.6 Å². The quantitative estimate of drug-likeness (QED) is 0.593. The second kappa shape index (κ2) is 7.14. The highest BCUT2D eigenvalue weighted by Crippen LogP contribution is 2.41. The van der Waals surface area contributed by atoms with Gasteiger partial charge in [0.2, 0.25) is 5.95 Å².